The first-order chi connectivity index (χ1) is 10.0. The zero-order valence-corrected chi connectivity index (χ0v) is 12.6. The molecule has 1 N–H and O–H groups in total. The zero-order chi connectivity index (χ0) is 16.5. The minimum absolute atomic E-state index is 0.0116. The van der Waals surface area contributed by atoms with Gasteiger partial charge in [-0.1, -0.05) is 0 Å². The molecule has 0 spiro atoms. The lowest BCUT2D eigenvalue weighted by molar-refractivity contribution is -0.137. The highest BCUT2D eigenvalue weighted by Gasteiger charge is 2.32. The molecule has 0 aliphatic carbocycles. The van der Waals surface area contributed by atoms with E-state index in [2.05, 4.69) is 4.72 Å². The topological polar surface area (TPSA) is 49.4 Å². The predicted octanol–water partition coefficient (Wildman–Crippen LogP) is 1.97. The van der Waals surface area contributed by atoms with Gasteiger partial charge in [0.15, 0.2) is 0 Å². The number of halogens is 4. The Morgan fingerprint density at radius 3 is 2.64 bits per heavy atom. The summed E-state index contributed by atoms with van der Waals surface area (Å²) in [6, 6.07) is 2.01. The van der Waals surface area contributed by atoms with Crippen LogP contribution >= 0.6 is 0 Å². The first-order valence-corrected chi connectivity index (χ1v) is 8.49. The minimum atomic E-state index is -4.52. The van der Waals surface area contributed by atoms with Crippen LogP contribution in [0.1, 0.15) is 17.5 Å². The molecule has 1 aromatic carbocycles. The summed E-state index contributed by atoms with van der Waals surface area (Å²) in [6.45, 7) is 0.837. The third-order valence-electron chi connectivity index (χ3n) is 3.42. The third-order valence-corrected chi connectivity index (χ3v) is 4.18. The highest BCUT2D eigenvalue weighted by atomic mass is 32.2. The number of nitrogens with zero attached hydrogens (tertiary/aromatic N) is 1. The monoisotopic (exact) mass is 340 g/mol. The van der Waals surface area contributed by atoms with Crippen molar-refractivity contribution in [2.45, 2.75) is 25.2 Å². The molecule has 1 aliphatic heterocycles. The normalized spacial score (nSPS) is 20.5. The van der Waals surface area contributed by atoms with Crippen LogP contribution < -0.4 is 4.72 Å². The second-order valence-electron chi connectivity index (χ2n) is 5.41. The van der Waals surface area contributed by atoms with Crippen molar-refractivity contribution in [3.63, 3.8) is 0 Å². The summed E-state index contributed by atoms with van der Waals surface area (Å²) < 4.78 is 76.4. The maximum Gasteiger partial charge on any atom is 0.416 e. The molecule has 0 amide bonds. The van der Waals surface area contributed by atoms with E-state index >= 15 is 0 Å². The van der Waals surface area contributed by atoms with E-state index in [0.717, 1.165) is 18.4 Å². The molecule has 0 aromatic heterocycles. The molecule has 4 nitrogen and oxygen atoms in total. The molecule has 0 unspecified atom stereocenters. The Hall–Kier alpha value is -1.19. The van der Waals surface area contributed by atoms with Crippen LogP contribution in [-0.4, -0.2) is 38.7 Å². The van der Waals surface area contributed by atoms with Gasteiger partial charge in [-0.3, -0.25) is 4.90 Å². The van der Waals surface area contributed by atoms with Gasteiger partial charge in [0.1, 0.15) is 5.82 Å². The van der Waals surface area contributed by atoms with Crippen LogP contribution in [0.4, 0.5) is 17.6 Å². The molecule has 2 rings (SSSR count). The molecule has 1 aromatic rings. The van der Waals surface area contributed by atoms with Gasteiger partial charge in [-0.05, 0) is 24.6 Å². The van der Waals surface area contributed by atoms with Gasteiger partial charge >= 0.3 is 6.18 Å². The van der Waals surface area contributed by atoms with E-state index in [9.17, 15) is 26.0 Å². The van der Waals surface area contributed by atoms with Gasteiger partial charge in [0.05, 0.1) is 11.8 Å². The number of hydrogen-bond acceptors (Lipinski definition) is 3. The first kappa shape index (κ1) is 17.2. The summed E-state index contributed by atoms with van der Waals surface area (Å²) in [5.41, 5.74) is -0.941. The smallest absolute Gasteiger partial charge is 0.297 e. The maximum absolute atomic E-state index is 13.7. The SMILES string of the molecule is CS(=O)(=O)N[C@H]1CCN(Cc2cc(C(F)(F)F)ccc2F)C1. The van der Waals surface area contributed by atoms with Gasteiger partial charge < -0.3 is 0 Å². The van der Waals surface area contributed by atoms with Crippen molar-refractivity contribution in [1.29, 1.82) is 0 Å². The zero-order valence-electron chi connectivity index (χ0n) is 11.8. The molecule has 9 heteroatoms. The largest absolute Gasteiger partial charge is 0.416 e. The van der Waals surface area contributed by atoms with E-state index in [1.165, 1.54) is 0 Å². The lowest BCUT2D eigenvalue weighted by Gasteiger charge is -2.18. The summed E-state index contributed by atoms with van der Waals surface area (Å²) in [4.78, 5) is 1.72. The van der Waals surface area contributed by atoms with Gasteiger partial charge in [0, 0.05) is 31.2 Å². The van der Waals surface area contributed by atoms with E-state index in [-0.39, 0.29) is 18.2 Å². The van der Waals surface area contributed by atoms with Gasteiger partial charge in [-0.2, -0.15) is 13.2 Å². The molecule has 22 heavy (non-hydrogen) atoms. The molecule has 124 valence electrons. The molecule has 1 heterocycles. The van der Waals surface area contributed by atoms with Crippen LogP contribution in [0.3, 0.4) is 0 Å². The summed E-state index contributed by atoms with van der Waals surface area (Å²) in [5.74, 6) is -0.701. The maximum atomic E-state index is 13.7. The van der Waals surface area contributed by atoms with E-state index in [1.807, 2.05) is 0 Å². The van der Waals surface area contributed by atoms with Crippen LogP contribution in [0.15, 0.2) is 18.2 Å². The van der Waals surface area contributed by atoms with Crippen molar-refractivity contribution >= 4 is 10.0 Å². The lowest BCUT2D eigenvalue weighted by atomic mass is 10.1. The van der Waals surface area contributed by atoms with Gasteiger partial charge in [0.25, 0.3) is 0 Å². The summed E-state index contributed by atoms with van der Waals surface area (Å²) in [5, 5.41) is 0. The molecule has 1 fully saturated rings. The van der Waals surface area contributed by atoms with Crippen LogP contribution in [0.25, 0.3) is 0 Å². The van der Waals surface area contributed by atoms with Crippen molar-refractivity contribution < 1.29 is 26.0 Å². The first-order valence-electron chi connectivity index (χ1n) is 6.60. The summed E-state index contributed by atoms with van der Waals surface area (Å²) in [6.07, 6.45) is -2.94. The average molecular weight is 340 g/mol. The number of nitrogens with one attached hydrogen (secondary N) is 1. The van der Waals surface area contributed by atoms with Crippen LogP contribution in [0, 0.1) is 5.82 Å². The van der Waals surface area contributed by atoms with Crippen LogP contribution in [0.5, 0.6) is 0 Å². The van der Waals surface area contributed by atoms with Crippen LogP contribution in [0.2, 0.25) is 0 Å². The number of sulfonamides is 1. The fraction of sp³-hybridized carbons (Fsp3) is 0.538. The van der Waals surface area contributed by atoms with Crippen molar-refractivity contribution in [3.8, 4) is 0 Å². The molecule has 0 radical (unpaired) electrons. The highest BCUT2D eigenvalue weighted by molar-refractivity contribution is 7.88. The fourth-order valence-electron chi connectivity index (χ4n) is 2.49. The standard InChI is InChI=1S/C13H16F4N2O2S/c1-22(20,21)18-11-4-5-19(8-11)7-9-6-10(13(15,16)17)2-3-12(9)14/h2-3,6,11,18H,4-5,7-8H2,1H3/t11-/m0/s1. The van der Waals surface area contributed by atoms with E-state index in [0.29, 0.717) is 25.6 Å². The molecular formula is C13H16F4N2O2S. The quantitative estimate of drug-likeness (QED) is 0.853. The average Bonchev–Trinajstić information content (AvgIpc) is 2.75. The molecule has 1 saturated heterocycles. The fourth-order valence-corrected chi connectivity index (χ4v) is 3.29. The number of benzene rings is 1. The summed E-state index contributed by atoms with van der Waals surface area (Å²) in [7, 11) is -3.34. The van der Waals surface area contributed by atoms with E-state index < -0.39 is 27.6 Å². The second kappa shape index (κ2) is 6.13. The number of likely N-dealkylation sites (tertiary alicyclic amines) is 1. The van der Waals surface area contributed by atoms with Gasteiger partial charge in [0.2, 0.25) is 10.0 Å². The Kier molecular flexibility index (Phi) is 4.78. The number of alkyl halides is 3. The van der Waals surface area contributed by atoms with E-state index in [1.54, 1.807) is 4.90 Å². The van der Waals surface area contributed by atoms with E-state index in [4.69, 9.17) is 0 Å². The predicted molar refractivity (Wildman–Crippen MR) is 73.1 cm³/mol. The Balaban J connectivity index is 2.06. The Morgan fingerprint density at radius 2 is 2.05 bits per heavy atom. The minimum Gasteiger partial charge on any atom is -0.297 e. The molecule has 0 bridgehead atoms. The Labute approximate surface area is 126 Å². The highest BCUT2D eigenvalue weighted by Crippen LogP contribution is 2.30. The van der Waals surface area contributed by atoms with Crippen molar-refractivity contribution in [2.75, 3.05) is 19.3 Å². The molecule has 1 aliphatic rings. The molecule has 0 saturated carbocycles. The van der Waals surface area contributed by atoms with Gasteiger partial charge in [-0.25, -0.2) is 17.5 Å². The van der Waals surface area contributed by atoms with Crippen molar-refractivity contribution in [2.24, 2.45) is 0 Å². The van der Waals surface area contributed by atoms with Crippen LogP contribution in [-0.2, 0) is 22.7 Å². The third kappa shape index (κ3) is 4.65. The molecular weight excluding hydrogens is 324 g/mol. The molecule has 1 atom stereocenters. The second-order valence-corrected chi connectivity index (χ2v) is 7.19. The Bertz CT molecular complexity index is 646. The van der Waals surface area contributed by atoms with Crippen molar-refractivity contribution in [3.05, 3.63) is 35.1 Å². The van der Waals surface area contributed by atoms with Crippen molar-refractivity contribution in [1.82, 2.24) is 9.62 Å². The Morgan fingerprint density at radius 1 is 1.36 bits per heavy atom. The number of hydrogen-bond donors (Lipinski definition) is 1. The summed E-state index contributed by atoms with van der Waals surface area (Å²) >= 11 is 0. The number of rotatable bonds is 4. The lowest BCUT2D eigenvalue weighted by Crippen LogP contribution is -2.36. The van der Waals surface area contributed by atoms with Gasteiger partial charge in [-0.15, -0.1) is 0 Å².